The molecule has 0 bridgehead atoms. The SMILES string of the molecule is Cc1cc(CNC(=O)COc2ccc3ccccc3c2)ncn1. The number of ether oxygens (including phenoxy) is 1. The van der Waals surface area contributed by atoms with E-state index >= 15 is 0 Å². The van der Waals surface area contributed by atoms with E-state index in [4.69, 9.17) is 4.74 Å². The fourth-order valence-corrected chi connectivity index (χ4v) is 2.25. The minimum atomic E-state index is -0.186. The highest BCUT2D eigenvalue weighted by Crippen LogP contribution is 2.20. The lowest BCUT2D eigenvalue weighted by Gasteiger charge is -2.08. The van der Waals surface area contributed by atoms with Gasteiger partial charge < -0.3 is 10.1 Å². The summed E-state index contributed by atoms with van der Waals surface area (Å²) in [6.07, 6.45) is 1.49. The van der Waals surface area contributed by atoms with Crippen molar-refractivity contribution in [2.24, 2.45) is 0 Å². The molecule has 1 aromatic heterocycles. The van der Waals surface area contributed by atoms with E-state index in [0.29, 0.717) is 12.3 Å². The van der Waals surface area contributed by atoms with Crippen molar-refractivity contribution in [1.82, 2.24) is 15.3 Å². The Balaban J connectivity index is 1.53. The molecule has 0 fully saturated rings. The topological polar surface area (TPSA) is 64.1 Å². The predicted octanol–water partition coefficient (Wildman–Crippen LogP) is 2.63. The molecule has 5 nitrogen and oxygen atoms in total. The van der Waals surface area contributed by atoms with Gasteiger partial charge in [0.2, 0.25) is 0 Å². The molecule has 0 aliphatic carbocycles. The minimum absolute atomic E-state index is 0.0254. The van der Waals surface area contributed by atoms with Gasteiger partial charge in [0.15, 0.2) is 6.61 Å². The third-order valence-corrected chi connectivity index (χ3v) is 3.42. The molecular formula is C18H17N3O2. The maximum absolute atomic E-state index is 11.9. The van der Waals surface area contributed by atoms with E-state index in [0.717, 1.165) is 22.2 Å². The number of amides is 1. The van der Waals surface area contributed by atoms with Crippen LogP contribution in [0.5, 0.6) is 5.75 Å². The monoisotopic (exact) mass is 307 g/mol. The van der Waals surface area contributed by atoms with E-state index in [2.05, 4.69) is 15.3 Å². The second-order valence-corrected chi connectivity index (χ2v) is 5.23. The molecule has 0 radical (unpaired) electrons. The van der Waals surface area contributed by atoms with Gasteiger partial charge in [-0.2, -0.15) is 0 Å². The highest BCUT2D eigenvalue weighted by atomic mass is 16.5. The van der Waals surface area contributed by atoms with Gasteiger partial charge in [-0.15, -0.1) is 0 Å². The van der Waals surface area contributed by atoms with Crippen LogP contribution in [0.3, 0.4) is 0 Å². The molecule has 0 aliphatic rings. The molecule has 0 spiro atoms. The summed E-state index contributed by atoms with van der Waals surface area (Å²) >= 11 is 0. The Morgan fingerprint density at radius 2 is 1.91 bits per heavy atom. The van der Waals surface area contributed by atoms with Crippen molar-refractivity contribution in [2.45, 2.75) is 13.5 Å². The van der Waals surface area contributed by atoms with Crippen LogP contribution in [0.4, 0.5) is 0 Å². The third kappa shape index (κ3) is 4.03. The molecule has 1 heterocycles. The van der Waals surface area contributed by atoms with Crippen molar-refractivity contribution in [3.63, 3.8) is 0 Å². The molecule has 0 saturated carbocycles. The van der Waals surface area contributed by atoms with E-state index in [1.54, 1.807) is 0 Å². The summed E-state index contributed by atoms with van der Waals surface area (Å²) in [5.74, 6) is 0.492. The maximum Gasteiger partial charge on any atom is 0.258 e. The Morgan fingerprint density at radius 3 is 2.74 bits per heavy atom. The van der Waals surface area contributed by atoms with E-state index < -0.39 is 0 Å². The molecular weight excluding hydrogens is 290 g/mol. The van der Waals surface area contributed by atoms with E-state index in [9.17, 15) is 4.79 Å². The number of rotatable bonds is 5. The minimum Gasteiger partial charge on any atom is -0.484 e. The Bertz CT molecular complexity index is 833. The zero-order chi connectivity index (χ0) is 16.1. The molecule has 1 amide bonds. The molecule has 0 saturated heterocycles. The summed E-state index contributed by atoms with van der Waals surface area (Å²) in [5, 5.41) is 5.01. The number of aromatic nitrogens is 2. The first-order valence-electron chi connectivity index (χ1n) is 7.36. The van der Waals surface area contributed by atoms with Crippen LogP contribution in [-0.4, -0.2) is 22.5 Å². The average molecular weight is 307 g/mol. The van der Waals surface area contributed by atoms with Gasteiger partial charge in [-0.1, -0.05) is 30.3 Å². The van der Waals surface area contributed by atoms with Crippen LogP contribution in [0.2, 0.25) is 0 Å². The molecule has 0 atom stereocenters. The summed E-state index contributed by atoms with van der Waals surface area (Å²) < 4.78 is 5.54. The quantitative estimate of drug-likeness (QED) is 0.787. The van der Waals surface area contributed by atoms with Crippen molar-refractivity contribution in [1.29, 1.82) is 0 Å². The van der Waals surface area contributed by atoms with Gasteiger partial charge in [-0.3, -0.25) is 4.79 Å². The number of hydrogen-bond acceptors (Lipinski definition) is 4. The van der Waals surface area contributed by atoms with Crippen molar-refractivity contribution < 1.29 is 9.53 Å². The van der Waals surface area contributed by atoms with E-state index in [1.807, 2.05) is 55.5 Å². The van der Waals surface area contributed by atoms with Crippen molar-refractivity contribution in [3.8, 4) is 5.75 Å². The van der Waals surface area contributed by atoms with Crippen LogP contribution in [0, 0.1) is 6.92 Å². The number of nitrogens with one attached hydrogen (secondary N) is 1. The lowest BCUT2D eigenvalue weighted by molar-refractivity contribution is -0.123. The number of hydrogen-bond donors (Lipinski definition) is 1. The molecule has 2 aromatic carbocycles. The molecule has 3 aromatic rings. The van der Waals surface area contributed by atoms with E-state index in [-0.39, 0.29) is 12.5 Å². The first kappa shape index (κ1) is 15.0. The highest BCUT2D eigenvalue weighted by Gasteiger charge is 2.04. The van der Waals surface area contributed by atoms with Crippen LogP contribution in [0.25, 0.3) is 10.8 Å². The third-order valence-electron chi connectivity index (χ3n) is 3.42. The Morgan fingerprint density at radius 1 is 1.09 bits per heavy atom. The summed E-state index contributed by atoms with van der Waals surface area (Å²) in [4.78, 5) is 20.0. The smallest absolute Gasteiger partial charge is 0.258 e. The Labute approximate surface area is 134 Å². The first-order valence-corrected chi connectivity index (χ1v) is 7.36. The van der Waals surface area contributed by atoms with Crippen LogP contribution >= 0.6 is 0 Å². The van der Waals surface area contributed by atoms with E-state index in [1.165, 1.54) is 6.33 Å². The molecule has 23 heavy (non-hydrogen) atoms. The summed E-state index contributed by atoms with van der Waals surface area (Å²) in [6.45, 7) is 2.22. The van der Waals surface area contributed by atoms with Gasteiger partial charge in [0, 0.05) is 5.69 Å². The second kappa shape index (κ2) is 6.87. The standard InChI is InChI=1S/C18H17N3O2/c1-13-8-16(21-12-20-13)10-19-18(22)11-23-17-7-6-14-4-2-3-5-15(14)9-17/h2-9,12H,10-11H2,1H3,(H,19,22). The average Bonchev–Trinajstić information content (AvgIpc) is 2.58. The molecule has 1 N–H and O–H groups in total. The zero-order valence-electron chi connectivity index (χ0n) is 12.8. The number of nitrogens with zero attached hydrogens (tertiary/aromatic N) is 2. The number of benzene rings is 2. The second-order valence-electron chi connectivity index (χ2n) is 5.23. The van der Waals surface area contributed by atoms with Gasteiger partial charge in [0.05, 0.1) is 12.2 Å². The summed E-state index contributed by atoms with van der Waals surface area (Å²) in [6, 6.07) is 15.6. The van der Waals surface area contributed by atoms with Crippen LogP contribution in [0.1, 0.15) is 11.4 Å². The van der Waals surface area contributed by atoms with Crippen LogP contribution in [0.15, 0.2) is 54.9 Å². The van der Waals surface area contributed by atoms with Crippen molar-refractivity contribution >= 4 is 16.7 Å². The van der Waals surface area contributed by atoms with Crippen LogP contribution in [-0.2, 0) is 11.3 Å². The van der Waals surface area contributed by atoms with Crippen LogP contribution < -0.4 is 10.1 Å². The lowest BCUT2D eigenvalue weighted by atomic mass is 10.1. The molecule has 3 rings (SSSR count). The number of aryl methyl sites for hydroxylation is 1. The maximum atomic E-state index is 11.9. The summed E-state index contributed by atoms with van der Waals surface area (Å²) in [5.41, 5.74) is 1.65. The number of carbonyl (C=O) groups excluding carboxylic acids is 1. The number of fused-ring (bicyclic) bond motifs is 1. The van der Waals surface area contributed by atoms with Gasteiger partial charge in [0.25, 0.3) is 5.91 Å². The van der Waals surface area contributed by atoms with Gasteiger partial charge >= 0.3 is 0 Å². The number of carbonyl (C=O) groups is 1. The van der Waals surface area contributed by atoms with Crippen molar-refractivity contribution in [2.75, 3.05) is 6.61 Å². The summed E-state index contributed by atoms with van der Waals surface area (Å²) in [7, 11) is 0. The molecule has 0 aliphatic heterocycles. The highest BCUT2D eigenvalue weighted by molar-refractivity contribution is 5.84. The lowest BCUT2D eigenvalue weighted by Crippen LogP contribution is -2.28. The largest absolute Gasteiger partial charge is 0.484 e. The molecule has 116 valence electrons. The van der Waals surface area contributed by atoms with Crippen molar-refractivity contribution in [3.05, 3.63) is 66.2 Å². The van der Waals surface area contributed by atoms with Gasteiger partial charge in [0.1, 0.15) is 12.1 Å². The normalized spacial score (nSPS) is 10.5. The van der Waals surface area contributed by atoms with Gasteiger partial charge in [-0.25, -0.2) is 9.97 Å². The first-order chi connectivity index (χ1) is 11.2. The van der Waals surface area contributed by atoms with Gasteiger partial charge in [-0.05, 0) is 35.9 Å². The fourth-order valence-electron chi connectivity index (χ4n) is 2.25. The Hall–Kier alpha value is -2.95. The molecule has 0 unspecified atom stereocenters. The zero-order valence-corrected chi connectivity index (χ0v) is 12.8. The fraction of sp³-hybridized carbons (Fsp3) is 0.167. The predicted molar refractivity (Wildman–Crippen MR) is 88.1 cm³/mol. The molecule has 5 heteroatoms. The Kier molecular flexibility index (Phi) is 4.47.